The number of hydrogen-bond donors (Lipinski definition) is 3. The topological polar surface area (TPSA) is 132 Å². The van der Waals surface area contributed by atoms with E-state index in [0.717, 1.165) is 0 Å². The van der Waals surface area contributed by atoms with E-state index in [-0.39, 0.29) is 41.3 Å². The Kier molecular flexibility index (Phi) is 6.20. The number of hydroxylamine groups is 1. The van der Waals surface area contributed by atoms with Gasteiger partial charge < -0.3 is 20.0 Å². The van der Waals surface area contributed by atoms with E-state index in [4.69, 9.17) is 4.84 Å². The highest BCUT2D eigenvalue weighted by Gasteiger charge is 2.60. The fraction of sp³-hybridized carbons (Fsp3) is 0.667. The number of hydrogen-bond acceptors (Lipinski definition) is 8. The minimum atomic E-state index is -1.14. The van der Waals surface area contributed by atoms with Crippen LogP contribution in [-0.4, -0.2) is 88.3 Å². The maximum atomic E-state index is 12.4. The average Bonchev–Trinajstić information content (AvgIpc) is 3.16. The molecule has 3 aliphatic rings. The number of amidine groups is 1. The lowest BCUT2D eigenvalue weighted by Crippen LogP contribution is -2.63. The van der Waals surface area contributed by atoms with Crippen molar-refractivity contribution >= 4 is 35.4 Å². The lowest BCUT2D eigenvalue weighted by molar-refractivity contribution is -0.163. The molecule has 29 heavy (non-hydrogen) atoms. The normalized spacial score (nSPS) is 29.3. The van der Waals surface area contributed by atoms with Gasteiger partial charge in [0.1, 0.15) is 11.5 Å². The number of aliphatic imine (C=N–C) groups is 1. The largest absolute Gasteiger partial charge is 0.477 e. The molecule has 10 nitrogen and oxygen atoms in total. The molecule has 0 radical (unpaired) electrons. The van der Waals surface area contributed by atoms with Crippen LogP contribution in [0.15, 0.2) is 15.6 Å². The number of aliphatic hydroxyl groups excluding tert-OH is 1. The SMILES string of the molecule is CC(O)C1C(=O)N2C(C(=O)O)=C(SC3CN=C(NOCC(=O)N(C)C)C3)C(C)C12. The number of rotatable bonds is 7. The number of amides is 2. The summed E-state index contributed by atoms with van der Waals surface area (Å²) in [5.74, 6) is -1.80. The summed E-state index contributed by atoms with van der Waals surface area (Å²) >= 11 is 1.41. The zero-order chi connectivity index (χ0) is 21.5. The predicted octanol–water partition coefficient (Wildman–Crippen LogP) is -0.346. The summed E-state index contributed by atoms with van der Waals surface area (Å²) in [6.45, 7) is 3.80. The Labute approximate surface area is 172 Å². The van der Waals surface area contributed by atoms with Gasteiger partial charge in [-0.2, -0.15) is 0 Å². The molecule has 0 spiro atoms. The summed E-state index contributed by atoms with van der Waals surface area (Å²) in [5, 5.41) is 19.6. The minimum absolute atomic E-state index is 0.00347. The molecule has 3 N–H and O–H groups in total. The van der Waals surface area contributed by atoms with Crippen molar-refractivity contribution in [3.63, 3.8) is 0 Å². The molecule has 0 bridgehead atoms. The number of carbonyl (C=O) groups excluding carboxylic acids is 2. The summed E-state index contributed by atoms with van der Waals surface area (Å²) in [5.41, 5.74) is 2.70. The third-order valence-corrected chi connectivity index (χ3v) is 6.86. The monoisotopic (exact) mass is 426 g/mol. The first-order chi connectivity index (χ1) is 13.6. The Bertz CT molecular complexity index is 780. The average molecular weight is 426 g/mol. The van der Waals surface area contributed by atoms with Crippen LogP contribution in [0.25, 0.3) is 0 Å². The van der Waals surface area contributed by atoms with E-state index in [1.54, 1.807) is 21.0 Å². The number of aliphatic hydroxyl groups is 1. The fourth-order valence-corrected chi connectivity index (χ4v) is 5.28. The number of carboxylic acids is 1. The molecule has 2 amide bonds. The number of aliphatic carboxylic acids is 1. The van der Waals surface area contributed by atoms with E-state index in [1.165, 1.54) is 21.6 Å². The van der Waals surface area contributed by atoms with Gasteiger partial charge >= 0.3 is 5.97 Å². The quantitative estimate of drug-likeness (QED) is 0.372. The lowest BCUT2D eigenvalue weighted by atomic mass is 9.79. The molecule has 0 aliphatic carbocycles. The zero-order valence-electron chi connectivity index (χ0n) is 16.8. The molecule has 3 heterocycles. The molecule has 0 aromatic carbocycles. The maximum Gasteiger partial charge on any atom is 0.353 e. The van der Waals surface area contributed by atoms with Gasteiger partial charge in [-0.1, -0.05) is 6.92 Å². The van der Waals surface area contributed by atoms with Gasteiger partial charge in [0.05, 0.1) is 24.6 Å². The van der Waals surface area contributed by atoms with Gasteiger partial charge in [0.15, 0.2) is 6.61 Å². The fourth-order valence-electron chi connectivity index (χ4n) is 3.88. The van der Waals surface area contributed by atoms with E-state index < -0.39 is 18.0 Å². The van der Waals surface area contributed by atoms with Crippen LogP contribution in [0.2, 0.25) is 0 Å². The van der Waals surface area contributed by atoms with Crippen LogP contribution in [-0.2, 0) is 19.2 Å². The first-order valence-electron chi connectivity index (χ1n) is 9.40. The summed E-state index contributed by atoms with van der Waals surface area (Å²) in [7, 11) is 3.27. The highest BCUT2D eigenvalue weighted by atomic mass is 32.2. The first kappa shape index (κ1) is 21.6. The number of fused-ring (bicyclic) bond motifs is 1. The predicted molar refractivity (Wildman–Crippen MR) is 106 cm³/mol. The molecular weight excluding hydrogens is 400 g/mol. The molecule has 1 fully saturated rings. The van der Waals surface area contributed by atoms with Crippen LogP contribution in [0, 0.1) is 11.8 Å². The second-order valence-corrected chi connectivity index (χ2v) is 9.02. The van der Waals surface area contributed by atoms with E-state index in [1.807, 2.05) is 6.92 Å². The molecule has 5 unspecified atom stereocenters. The summed E-state index contributed by atoms with van der Waals surface area (Å²) in [4.78, 5) is 48.6. The molecule has 160 valence electrons. The molecule has 3 aliphatic heterocycles. The number of carbonyl (C=O) groups is 3. The second kappa shape index (κ2) is 8.33. The zero-order valence-corrected chi connectivity index (χ0v) is 17.6. The van der Waals surface area contributed by atoms with Gasteiger partial charge in [-0.3, -0.25) is 24.9 Å². The van der Waals surface area contributed by atoms with Gasteiger partial charge in [0.25, 0.3) is 5.91 Å². The van der Waals surface area contributed by atoms with Crippen molar-refractivity contribution in [2.24, 2.45) is 16.8 Å². The molecule has 1 saturated heterocycles. The molecule has 5 atom stereocenters. The van der Waals surface area contributed by atoms with Crippen LogP contribution in [0.3, 0.4) is 0 Å². The molecular formula is C18H26N4O6S. The van der Waals surface area contributed by atoms with E-state index >= 15 is 0 Å². The van der Waals surface area contributed by atoms with Gasteiger partial charge in [-0.05, 0) is 6.92 Å². The van der Waals surface area contributed by atoms with Gasteiger partial charge in [-0.25, -0.2) is 4.79 Å². The number of thioether (sulfide) groups is 1. The Morgan fingerprint density at radius 3 is 2.72 bits per heavy atom. The smallest absolute Gasteiger partial charge is 0.353 e. The van der Waals surface area contributed by atoms with Crippen molar-refractivity contribution in [1.82, 2.24) is 15.3 Å². The summed E-state index contributed by atoms with van der Waals surface area (Å²) in [6.07, 6.45) is -0.291. The van der Waals surface area contributed by atoms with Crippen LogP contribution in [0.4, 0.5) is 0 Å². The first-order valence-corrected chi connectivity index (χ1v) is 10.3. The van der Waals surface area contributed by atoms with Gasteiger partial charge in [0, 0.05) is 36.6 Å². The second-order valence-electron chi connectivity index (χ2n) is 7.68. The number of likely N-dealkylation sites (N-methyl/N-ethyl adjacent to an activating group) is 1. The number of carboxylic acid groups (broad SMARTS) is 1. The van der Waals surface area contributed by atoms with Crippen molar-refractivity contribution < 1.29 is 29.4 Å². The Hall–Kier alpha value is -2.11. The maximum absolute atomic E-state index is 12.4. The number of β-lactam (4-membered cyclic amide) rings is 1. The molecule has 3 rings (SSSR count). The van der Waals surface area contributed by atoms with E-state index in [2.05, 4.69) is 10.5 Å². The van der Waals surface area contributed by atoms with Crippen LogP contribution >= 0.6 is 11.8 Å². The molecule has 0 aromatic heterocycles. The minimum Gasteiger partial charge on any atom is -0.477 e. The van der Waals surface area contributed by atoms with E-state index in [9.17, 15) is 24.6 Å². The van der Waals surface area contributed by atoms with E-state index in [0.29, 0.717) is 23.7 Å². The summed E-state index contributed by atoms with van der Waals surface area (Å²) < 4.78 is 0. The van der Waals surface area contributed by atoms with Gasteiger partial charge in [-0.15, -0.1) is 11.8 Å². The van der Waals surface area contributed by atoms with Crippen LogP contribution in [0.1, 0.15) is 20.3 Å². The van der Waals surface area contributed by atoms with Crippen molar-refractivity contribution in [2.75, 3.05) is 27.2 Å². The van der Waals surface area contributed by atoms with Crippen molar-refractivity contribution in [2.45, 2.75) is 37.7 Å². The van der Waals surface area contributed by atoms with Crippen molar-refractivity contribution in [3.8, 4) is 0 Å². The Morgan fingerprint density at radius 1 is 1.45 bits per heavy atom. The van der Waals surface area contributed by atoms with Crippen molar-refractivity contribution in [3.05, 3.63) is 10.6 Å². The molecule has 11 heteroatoms. The number of nitrogens with zero attached hydrogens (tertiary/aromatic N) is 3. The van der Waals surface area contributed by atoms with Crippen molar-refractivity contribution in [1.29, 1.82) is 0 Å². The standard InChI is InChI=1S/C18H26N4O6S/c1-8-14-13(9(2)23)17(25)22(14)15(18(26)27)16(8)29-10-5-11(19-6-10)20-28-7-12(24)21(3)4/h8-10,13-14,23H,5-7H2,1-4H3,(H,19,20)(H,26,27). The highest BCUT2D eigenvalue weighted by Crippen LogP contribution is 2.51. The number of nitrogens with one attached hydrogen (secondary N) is 1. The van der Waals surface area contributed by atoms with Crippen LogP contribution < -0.4 is 5.48 Å². The molecule has 0 aromatic rings. The Balaban J connectivity index is 1.61. The third kappa shape index (κ3) is 3.99. The lowest BCUT2D eigenvalue weighted by Gasteiger charge is -2.46. The highest BCUT2D eigenvalue weighted by molar-refractivity contribution is 8.03. The summed E-state index contributed by atoms with van der Waals surface area (Å²) in [6, 6.07) is -0.323. The Morgan fingerprint density at radius 2 is 2.14 bits per heavy atom. The molecule has 0 saturated carbocycles. The third-order valence-electron chi connectivity index (χ3n) is 5.40. The van der Waals surface area contributed by atoms with Gasteiger partial charge in [0.2, 0.25) is 5.91 Å². The van der Waals surface area contributed by atoms with Crippen LogP contribution in [0.5, 0.6) is 0 Å².